The maximum absolute atomic E-state index is 10.7. The van der Waals surface area contributed by atoms with Crippen molar-refractivity contribution in [2.45, 2.75) is 38.6 Å². The van der Waals surface area contributed by atoms with Gasteiger partial charge in [-0.2, -0.15) is 5.09 Å². The van der Waals surface area contributed by atoms with Crippen molar-refractivity contribution >= 4 is 21.6 Å². The van der Waals surface area contributed by atoms with Crippen LogP contribution in [0.3, 0.4) is 0 Å². The Bertz CT molecular complexity index is 647. The molecule has 12 heteroatoms. The number of benzene rings is 1. The van der Waals surface area contributed by atoms with Crippen LogP contribution in [0.15, 0.2) is 24.3 Å². The topological polar surface area (TPSA) is 170 Å². The summed E-state index contributed by atoms with van der Waals surface area (Å²) in [7, 11) is -7.16. The highest BCUT2D eigenvalue weighted by molar-refractivity contribution is 7.46. The maximum atomic E-state index is 10.7. The van der Waals surface area contributed by atoms with Crippen LogP contribution in [0.1, 0.15) is 31.7 Å². The first-order chi connectivity index (χ1) is 12.0. The predicted molar refractivity (Wildman–Crippen MR) is 92.2 cm³/mol. The Morgan fingerprint density at radius 2 is 1.81 bits per heavy atom. The average Bonchev–Trinajstić information content (AvgIpc) is 2.52. The maximum Gasteiger partial charge on any atom is 0.469 e. The minimum atomic E-state index is -4.21. The fraction of sp³-hybridized carbons (Fsp3) is 0.500. The Labute approximate surface area is 151 Å². The van der Waals surface area contributed by atoms with E-state index in [0.717, 1.165) is 12.8 Å². The summed E-state index contributed by atoms with van der Waals surface area (Å²) in [5.74, 6) is -1.18. The summed E-state index contributed by atoms with van der Waals surface area (Å²) in [6.07, 6.45) is 2.70. The van der Waals surface area contributed by atoms with Gasteiger partial charge < -0.3 is 20.0 Å². The van der Waals surface area contributed by atoms with Gasteiger partial charge in [0.1, 0.15) is 11.8 Å². The number of rotatable bonds is 10. The first-order valence-corrected chi connectivity index (χ1v) is 10.4. The Balaban J connectivity index is 0.000000541. The zero-order chi connectivity index (χ0) is 20.2. The van der Waals surface area contributed by atoms with Crippen molar-refractivity contribution < 1.29 is 43.0 Å². The van der Waals surface area contributed by atoms with E-state index in [9.17, 15) is 18.5 Å². The molecule has 0 aliphatic rings. The predicted octanol–water partition coefficient (Wildman–Crippen LogP) is 2.35. The van der Waals surface area contributed by atoms with Crippen LogP contribution in [0.5, 0.6) is 5.75 Å². The Hall–Kier alpha value is -1.54. The van der Waals surface area contributed by atoms with Crippen molar-refractivity contribution in [3.05, 3.63) is 29.8 Å². The minimum Gasteiger partial charge on any atom is -0.508 e. The van der Waals surface area contributed by atoms with E-state index in [1.807, 2.05) is 12.0 Å². The van der Waals surface area contributed by atoms with Crippen molar-refractivity contribution in [1.29, 1.82) is 0 Å². The van der Waals surface area contributed by atoms with Crippen molar-refractivity contribution in [3.8, 4) is 5.75 Å². The highest BCUT2D eigenvalue weighted by atomic mass is 31.2. The summed E-state index contributed by atoms with van der Waals surface area (Å²) in [6, 6.07) is 4.69. The second-order valence-electron chi connectivity index (χ2n) is 5.18. The number of phosphoric acid groups is 1. The third-order valence-electron chi connectivity index (χ3n) is 2.94. The van der Waals surface area contributed by atoms with Crippen LogP contribution in [0.2, 0.25) is 0 Å². The molecule has 0 radical (unpaired) electrons. The van der Waals surface area contributed by atoms with Gasteiger partial charge >= 0.3 is 21.6 Å². The van der Waals surface area contributed by atoms with Gasteiger partial charge in [-0.15, -0.1) is 0 Å². The van der Waals surface area contributed by atoms with E-state index in [4.69, 9.17) is 20.0 Å². The Morgan fingerprint density at radius 3 is 2.23 bits per heavy atom. The molecule has 0 aliphatic carbocycles. The van der Waals surface area contributed by atoms with Crippen LogP contribution in [0.4, 0.5) is 0 Å². The number of hydrogen-bond acceptors (Lipinski definition) is 6. The van der Waals surface area contributed by atoms with Crippen molar-refractivity contribution in [3.63, 3.8) is 0 Å². The molecule has 10 nitrogen and oxygen atoms in total. The number of unbranched alkanes of at least 4 members (excludes halogenated alkanes) is 2. The van der Waals surface area contributed by atoms with Gasteiger partial charge in [0.25, 0.3) is 0 Å². The van der Waals surface area contributed by atoms with Gasteiger partial charge in [-0.1, -0.05) is 31.9 Å². The minimum absolute atomic E-state index is 0.0267. The molecular weight excluding hydrogens is 388 g/mol. The number of carbonyl (C=O) groups is 1. The highest BCUT2D eigenvalue weighted by Gasteiger charge is 2.19. The number of aromatic hydroxyl groups is 1. The summed E-state index contributed by atoms with van der Waals surface area (Å²) in [5, 5.41) is 19.7. The van der Waals surface area contributed by atoms with Gasteiger partial charge in [-0.05, 0) is 30.5 Å². The molecule has 0 heterocycles. The normalized spacial score (nSPS) is 12.0. The van der Waals surface area contributed by atoms with Gasteiger partial charge in [0.2, 0.25) is 0 Å². The molecule has 0 saturated heterocycles. The number of aliphatic carboxylic acids is 1. The SMILES string of the molecule is CCCCCOP(=O)(O)O.O=C(O)C(Cc1ccc(O)cc1)NP(=O)=O. The van der Waals surface area contributed by atoms with Crippen LogP contribution in [-0.2, 0) is 29.4 Å². The average molecular weight is 411 g/mol. The van der Waals surface area contributed by atoms with E-state index in [-0.39, 0.29) is 18.8 Å². The standard InChI is InChI=1S/C9H10NO5P.C5H13O4P/c11-7-3-1-6(2-4-7)5-8(9(12)13)10-16(14)15;1-2-3-4-5-9-10(6,7)8/h1-4,8,11H,5H2,(H,12,13)(H,10,14,15);2-5H2,1H3,(H2,6,7,8). The molecule has 0 bridgehead atoms. The van der Waals surface area contributed by atoms with Gasteiger partial charge in [0, 0.05) is 0 Å². The third-order valence-corrected chi connectivity index (χ3v) is 3.98. The first-order valence-electron chi connectivity index (χ1n) is 7.66. The van der Waals surface area contributed by atoms with E-state index >= 15 is 0 Å². The van der Waals surface area contributed by atoms with Crippen molar-refractivity contribution in [1.82, 2.24) is 5.09 Å². The molecule has 0 spiro atoms. The van der Waals surface area contributed by atoms with Crippen LogP contribution < -0.4 is 5.09 Å². The molecular formula is C14H23NO9P2. The zero-order valence-electron chi connectivity index (χ0n) is 14.1. The van der Waals surface area contributed by atoms with E-state index < -0.39 is 27.7 Å². The van der Waals surface area contributed by atoms with E-state index in [1.165, 1.54) is 24.3 Å². The molecule has 5 N–H and O–H groups in total. The lowest BCUT2D eigenvalue weighted by atomic mass is 10.1. The number of phosphoric ester groups is 1. The second-order valence-corrected chi connectivity index (χ2v) is 7.19. The lowest BCUT2D eigenvalue weighted by molar-refractivity contribution is -0.138. The summed E-state index contributed by atoms with van der Waals surface area (Å²) in [6.45, 7) is 2.16. The van der Waals surface area contributed by atoms with E-state index in [1.54, 1.807) is 0 Å². The largest absolute Gasteiger partial charge is 0.508 e. The van der Waals surface area contributed by atoms with Crippen LogP contribution in [0, 0.1) is 0 Å². The summed E-state index contributed by atoms with van der Waals surface area (Å²) in [4.78, 5) is 27.1. The Kier molecular flexibility index (Phi) is 12.0. The molecule has 0 aromatic heterocycles. The smallest absolute Gasteiger partial charge is 0.469 e. The molecule has 26 heavy (non-hydrogen) atoms. The molecule has 1 unspecified atom stereocenters. The monoisotopic (exact) mass is 411 g/mol. The molecule has 0 aliphatic heterocycles. The molecule has 0 saturated carbocycles. The molecule has 1 rings (SSSR count). The molecule has 0 amide bonds. The van der Waals surface area contributed by atoms with E-state index in [0.29, 0.717) is 12.0 Å². The summed E-state index contributed by atoms with van der Waals surface area (Å²) < 4.78 is 35.0. The molecule has 1 aromatic carbocycles. The molecule has 1 atom stereocenters. The number of phenolic OH excluding ortho intramolecular Hbond substituents is 1. The number of phenols is 1. The second kappa shape index (κ2) is 12.8. The van der Waals surface area contributed by atoms with Crippen molar-refractivity contribution in [2.75, 3.05) is 6.61 Å². The molecule has 0 fully saturated rings. The number of carboxylic acids is 1. The first kappa shape index (κ1) is 24.5. The van der Waals surface area contributed by atoms with Gasteiger partial charge in [0.15, 0.2) is 0 Å². The summed E-state index contributed by atoms with van der Waals surface area (Å²) in [5.41, 5.74) is 0.620. The zero-order valence-corrected chi connectivity index (χ0v) is 15.9. The van der Waals surface area contributed by atoms with Crippen LogP contribution in [-0.4, -0.2) is 38.6 Å². The number of hydrogen-bond donors (Lipinski definition) is 5. The summed E-state index contributed by atoms with van der Waals surface area (Å²) >= 11 is 0. The fourth-order valence-corrected chi connectivity index (χ4v) is 2.54. The highest BCUT2D eigenvalue weighted by Crippen LogP contribution is 2.35. The van der Waals surface area contributed by atoms with Crippen LogP contribution >= 0.6 is 15.7 Å². The van der Waals surface area contributed by atoms with Gasteiger partial charge in [0.05, 0.1) is 6.61 Å². The number of nitrogens with one attached hydrogen (secondary N) is 1. The van der Waals surface area contributed by atoms with Gasteiger partial charge in [-0.3, -0.25) is 9.32 Å². The van der Waals surface area contributed by atoms with Gasteiger partial charge in [-0.25, -0.2) is 13.7 Å². The quantitative estimate of drug-likeness (QED) is 0.284. The van der Waals surface area contributed by atoms with Crippen LogP contribution in [0.25, 0.3) is 0 Å². The van der Waals surface area contributed by atoms with Crippen molar-refractivity contribution in [2.24, 2.45) is 0 Å². The fourth-order valence-electron chi connectivity index (χ4n) is 1.72. The lowest BCUT2D eigenvalue weighted by Crippen LogP contribution is -2.33. The van der Waals surface area contributed by atoms with E-state index in [2.05, 4.69) is 4.52 Å². The lowest BCUT2D eigenvalue weighted by Gasteiger charge is -2.09. The molecule has 148 valence electrons. The third kappa shape index (κ3) is 13.7. The number of carboxylic acid groups (broad SMARTS) is 1. The molecule has 1 aromatic rings. The Morgan fingerprint density at radius 1 is 1.23 bits per heavy atom.